The van der Waals surface area contributed by atoms with E-state index in [1.165, 1.54) is 0 Å². The molecule has 1 aromatic carbocycles. The van der Waals surface area contributed by atoms with E-state index in [4.69, 9.17) is 16.3 Å². The topological polar surface area (TPSA) is 9.23 Å². The molecule has 0 aliphatic carbocycles. The molecule has 0 spiro atoms. The molecule has 0 heterocycles. The lowest BCUT2D eigenvalue weighted by atomic mass is 10.2. The van der Waals surface area contributed by atoms with Crippen LogP contribution in [0.1, 0.15) is 20.8 Å². The molecule has 1 rings (SSSR count). The minimum absolute atomic E-state index is 0.360. The van der Waals surface area contributed by atoms with E-state index < -0.39 is 0 Å². The lowest BCUT2D eigenvalue weighted by Crippen LogP contribution is -2.05. The Labute approximate surface area is 97.7 Å². The fourth-order valence-corrected chi connectivity index (χ4v) is 1.03. The first-order valence-corrected chi connectivity index (χ1v) is 5.61. The maximum atomic E-state index is 5.79. The maximum Gasteiger partial charge on any atom is 0.120 e. The second-order valence-corrected chi connectivity index (χ2v) is 3.42. The van der Waals surface area contributed by atoms with Gasteiger partial charge in [-0.3, -0.25) is 0 Å². The Balaban J connectivity index is 0.000000921. The van der Waals surface area contributed by atoms with Crippen molar-refractivity contribution < 1.29 is 4.74 Å². The second kappa shape index (κ2) is 8.37. The van der Waals surface area contributed by atoms with Crippen LogP contribution in [0.2, 0.25) is 5.02 Å². The predicted octanol–water partition coefficient (Wildman–Crippen LogP) is 4.57. The Kier molecular flexibility index (Phi) is 7.84. The van der Waals surface area contributed by atoms with Gasteiger partial charge in [-0.05, 0) is 18.2 Å². The first-order chi connectivity index (χ1) is 7.22. The molecule has 1 aromatic rings. The van der Waals surface area contributed by atoms with E-state index in [9.17, 15) is 0 Å². The molecule has 0 aliphatic heterocycles. The van der Waals surface area contributed by atoms with Gasteiger partial charge in [0, 0.05) is 10.9 Å². The average molecular weight is 227 g/mol. The molecule has 15 heavy (non-hydrogen) atoms. The van der Waals surface area contributed by atoms with Crippen LogP contribution in [0.25, 0.3) is 0 Å². The van der Waals surface area contributed by atoms with E-state index in [-0.39, 0.29) is 0 Å². The molecular formula is C13H19ClO. The van der Waals surface area contributed by atoms with Crippen molar-refractivity contribution in [1.29, 1.82) is 0 Å². The molecule has 0 fully saturated rings. The minimum Gasteiger partial charge on any atom is -0.493 e. The Morgan fingerprint density at radius 3 is 2.67 bits per heavy atom. The maximum absolute atomic E-state index is 5.79. The Hall–Kier alpha value is -0.950. The van der Waals surface area contributed by atoms with Gasteiger partial charge in [0.2, 0.25) is 0 Å². The highest BCUT2D eigenvalue weighted by Gasteiger charge is 1.98. The summed E-state index contributed by atoms with van der Waals surface area (Å²) in [4.78, 5) is 0. The summed E-state index contributed by atoms with van der Waals surface area (Å²) < 4.78 is 5.48. The quantitative estimate of drug-likeness (QED) is 0.684. The normalized spacial score (nSPS) is 10.9. The van der Waals surface area contributed by atoms with Crippen molar-refractivity contribution in [3.8, 4) is 5.75 Å². The zero-order valence-electron chi connectivity index (χ0n) is 9.66. The number of rotatable bonds is 4. The fourth-order valence-electron chi connectivity index (χ4n) is 0.852. The summed E-state index contributed by atoms with van der Waals surface area (Å²) in [6.07, 6.45) is 1.87. The Morgan fingerprint density at radius 2 is 2.13 bits per heavy atom. The fraction of sp³-hybridized carbons (Fsp3) is 0.385. The van der Waals surface area contributed by atoms with Crippen LogP contribution in [0.4, 0.5) is 0 Å². The smallest absolute Gasteiger partial charge is 0.120 e. The lowest BCUT2D eigenvalue weighted by molar-refractivity contribution is 0.285. The average Bonchev–Trinajstić information content (AvgIpc) is 2.29. The number of hydrogen-bond donors (Lipinski definition) is 0. The van der Waals surface area contributed by atoms with Crippen molar-refractivity contribution in [2.75, 3.05) is 6.61 Å². The van der Waals surface area contributed by atoms with Gasteiger partial charge in [-0.15, -0.1) is 6.58 Å². The monoisotopic (exact) mass is 226 g/mol. The molecular weight excluding hydrogens is 208 g/mol. The van der Waals surface area contributed by atoms with Crippen LogP contribution in [-0.2, 0) is 0 Å². The highest BCUT2D eigenvalue weighted by molar-refractivity contribution is 6.30. The zero-order valence-corrected chi connectivity index (χ0v) is 10.4. The van der Waals surface area contributed by atoms with E-state index in [1.54, 1.807) is 6.07 Å². The Morgan fingerprint density at radius 1 is 1.47 bits per heavy atom. The molecule has 1 unspecified atom stereocenters. The summed E-state index contributed by atoms with van der Waals surface area (Å²) >= 11 is 5.79. The number of benzene rings is 1. The largest absolute Gasteiger partial charge is 0.493 e. The van der Waals surface area contributed by atoms with Crippen molar-refractivity contribution >= 4 is 11.6 Å². The molecule has 0 amide bonds. The molecule has 0 saturated heterocycles. The molecule has 2 heteroatoms. The van der Waals surface area contributed by atoms with E-state index in [0.29, 0.717) is 17.5 Å². The van der Waals surface area contributed by atoms with Crippen LogP contribution in [-0.4, -0.2) is 6.61 Å². The van der Waals surface area contributed by atoms with E-state index in [1.807, 2.05) is 38.1 Å². The van der Waals surface area contributed by atoms with E-state index in [0.717, 1.165) is 5.75 Å². The van der Waals surface area contributed by atoms with Gasteiger partial charge in [-0.1, -0.05) is 44.5 Å². The van der Waals surface area contributed by atoms with Gasteiger partial charge in [0.25, 0.3) is 0 Å². The molecule has 0 bridgehead atoms. The third-order valence-electron chi connectivity index (χ3n) is 1.71. The number of halogens is 1. The third kappa shape index (κ3) is 6.19. The Bertz CT molecular complexity index is 284. The predicted molar refractivity (Wildman–Crippen MR) is 67.7 cm³/mol. The van der Waals surface area contributed by atoms with Gasteiger partial charge in [-0.25, -0.2) is 0 Å². The highest BCUT2D eigenvalue weighted by Crippen LogP contribution is 2.17. The van der Waals surface area contributed by atoms with Crippen LogP contribution < -0.4 is 4.74 Å². The molecule has 1 nitrogen and oxygen atoms in total. The number of ether oxygens (including phenoxy) is 1. The van der Waals surface area contributed by atoms with Crippen molar-refractivity contribution in [1.82, 2.24) is 0 Å². The summed E-state index contributed by atoms with van der Waals surface area (Å²) in [5.74, 6) is 1.17. The van der Waals surface area contributed by atoms with E-state index in [2.05, 4.69) is 13.5 Å². The van der Waals surface area contributed by atoms with Gasteiger partial charge >= 0.3 is 0 Å². The first-order valence-electron chi connectivity index (χ1n) is 5.23. The van der Waals surface area contributed by atoms with Crippen molar-refractivity contribution in [2.24, 2.45) is 5.92 Å². The van der Waals surface area contributed by atoms with Gasteiger partial charge in [0.15, 0.2) is 0 Å². The summed E-state index contributed by atoms with van der Waals surface area (Å²) in [5.41, 5.74) is 0. The van der Waals surface area contributed by atoms with Crippen molar-refractivity contribution in [3.63, 3.8) is 0 Å². The van der Waals surface area contributed by atoms with Crippen molar-refractivity contribution in [3.05, 3.63) is 41.9 Å². The SMILES string of the molecule is C=CC(C)COc1cccc(Cl)c1.CC. The van der Waals surface area contributed by atoms with Gasteiger partial charge in [0.1, 0.15) is 5.75 Å². The van der Waals surface area contributed by atoms with Crippen LogP contribution in [0.5, 0.6) is 5.75 Å². The molecule has 0 aliphatic rings. The summed E-state index contributed by atoms with van der Waals surface area (Å²) in [6, 6.07) is 7.39. The van der Waals surface area contributed by atoms with Crippen LogP contribution >= 0.6 is 11.6 Å². The van der Waals surface area contributed by atoms with Crippen LogP contribution in [0.3, 0.4) is 0 Å². The van der Waals surface area contributed by atoms with Crippen LogP contribution in [0.15, 0.2) is 36.9 Å². The molecule has 1 atom stereocenters. The van der Waals surface area contributed by atoms with E-state index >= 15 is 0 Å². The molecule has 84 valence electrons. The molecule has 0 N–H and O–H groups in total. The molecule has 0 saturated carbocycles. The van der Waals surface area contributed by atoms with Gasteiger partial charge in [-0.2, -0.15) is 0 Å². The minimum atomic E-state index is 0.360. The second-order valence-electron chi connectivity index (χ2n) is 2.98. The van der Waals surface area contributed by atoms with Crippen LogP contribution in [0, 0.1) is 5.92 Å². The van der Waals surface area contributed by atoms with Crippen molar-refractivity contribution in [2.45, 2.75) is 20.8 Å². The summed E-state index contributed by atoms with van der Waals surface area (Å²) in [7, 11) is 0. The third-order valence-corrected chi connectivity index (χ3v) is 1.95. The molecule has 0 radical (unpaired) electrons. The van der Waals surface area contributed by atoms with Gasteiger partial charge < -0.3 is 4.74 Å². The molecule has 0 aromatic heterocycles. The first kappa shape index (κ1) is 14.1. The highest BCUT2D eigenvalue weighted by atomic mass is 35.5. The number of hydrogen-bond acceptors (Lipinski definition) is 1. The van der Waals surface area contributed by atoms with Gasteiger partial charge in [0.05, 0.1) is 6.61 Å². The zero-order chi connectivity index (χ0) is 11.7. The summed E-state index contributed by atoms with van der Waals surface area (Å²) in [6.45, 7) is 10.4. The lowest BCUT2D eigenvalue weighted by Gasteiger charge is -2.08. The standard InChI is InChI=1S/C11H13ClO.C2H6/c1-3-9(2)8-13-11-6-4-5-10(12)7-11;1-2/h3-7,9H,1,8H2,2H3;1-2H3. The summed E-state index contributed by atoms with van der Waals surface area (Å²) in [5, 5.41) is 0.698.